The van der Waals surface area contributed by atoms with Crippen molar-refractivity contribution in [2.24, 2.45) is 0 Å². The molecule has 1 aliphatic carbocycles. The first-order chi connectivity index (χ1) is 54.2. The maximum absolute atomic E-state index is 4.40. The Bertz CT molecular complexity index is 4920. The molecule has 0 unspecified atom stereocenters. The number of imidazole rings is 2. The van der Waals surface area contributed by atoms with Crippen LogP contribution in [-0.4, -0.2) is 110 Å². The third-order valence-electron chi connectivity index (χ3n) is 15.6. The lowest BCUT2D eigenvalue weighted by Gasteiger charge is -2.16. The number of H-pyrrole nitrogens is 3. The summed E-state index contributed by atoms with van der Waals surface area (Å²) in [6, 6.07) is 79.9. The maximum Gasteiger partial charge on any atom is 0.178 e. The Morgan fingerprint density at radius 3 is 1.00 bits per heavy atom. The van der Waals surface area contributed by atoms with Crippen molar-refractivity contribution >= 4 is 21.8 Å². The van der Waals surface area contributed by atoms with Gasteiger partial charge in [0.25, 0.3) is 0 Å². The van der Waals surface area contributed by atoms with E-state index in [9.17, 15) is 0 Å². The van der Waals surface area contributed by atoms with Crippen LogP contribution < -0.4 is 0 Å². The molecule has 20 rings (SSSR count). The van der Waals surface area contributed by atoms with Gasteiger partial charge in [-0.15, -0.1) is 0 Å². The molecule has 1 aliphatic rings. The third kappa shape index (κ3) is 22.5. The number of rotatable bonds is 7. The number of aromatic amines is 3. The molecule has 18 heterocycles. The molecule has 0 atom stereocenters. The van der Waals surface area contributed by atoms with Crippen LogP contribution >= 0.6 is 0 Å². The van der Waals surface area contributed by atoms with Gasteiger partial charge in [-0.2, -0.15) is 0 Å². The number of nitrogens with zero attached hydrogens (tertiary/aromatic N) is 19. The first kappa shape index (κ1) is 73.3. The minimum absolute atomic E-state index is 0.665. The highest BCUT2D eigenvalue weighted by atomic mass is 14.9. The van der Waals surface area contributed by atoms with Gasteiger partial charge in [0.1, 0.15) is 17.7 Å². The Hall–Kier alpha value is -15.5. The van der Waals surface area contributed by atoms with Crippen LogP contribution in [0.3, 0.4) is 0 Å². The highest BCUT2D eigenvalue weighted by Crippen LogP contribution is 2.29. The van der Waals surface area contributed by atoms with E-state index in [1.54, 1.807) is 118 Å². The maximum atomic E-state index is 4.40. The lowest BCUT2D eigenvalue weighted by Crippen LogP contribution is -2.06. The molecule has 22 heteroatoms. The number of pyridine rings is 13. The average molecular weight is 1420 g/mol. The number of hydrogen-bond donors (Lipinski definition) is 3. The van der Waals surface area contributed by atoms with E-state index in [1.807, 2.05) is 225 Å². The van der Waals surface area contributed by atoms with Gasteiger partial charge in [-0.05, 0) is 182 Å². The normalized spacial score (nSPS) is 10.3. The van der Waals surface area contributed by atoms with Gasteiger partial charge in [0, 0.05) is 129 Å². The fraction of sp³-hybridized carbons (Fsp3) is 0.0230. The Kier molecular flexibility index (Phi) is 27.6. The van der Waals surface area contributed by atoms with Crippen LogP contribution in [0, 0.1) is 0 Å². The topological polar surface area (TPSA) is 292 Å². The van der Waals surface area contributed by atoms with E-state index < -0.39 is 0 Å². The minimum atomic E-state index is 0.665. The van der Waals surface area contributed by atoms with Crippen molar-refractivity contribution in [3.63, 3.8) is 0 Å². The molecule has 22 nitrogen and oxygen atoms in total. The van der Waals surface area contributed by atoms with E-state index in [1.165, 1.54) is 17.5 Å². The molecule has 0 saturated carbocycles. The number of benzene rings is 1. The monoisotopic (exact) mass is 1420 g/mol. The molecule has 0 bridgehead atoms. The van der Waals surface area contributed by atoms with E-state index in [0.717, 1.165) is 120 Å². The van der Waals surface area contributed by atoms with Crippen molar-refractivity contribution in [1.82, 2.24) is 110 Å². The van der Waals surface area contributed by atoms with Crippen molar-refractivity contribution in [3.05, 3.63) is 396 Å². The molecule has 1 aromatic carbocycles. The molecule has 18 aromatic heterocycles. The van der Waals surface area contributed by atoms with Crippen molar-refractivity contribution < 1.29 is 0 Å². The zero-order chi connectivity index (χ0) is 74.2. The van der Waals surface area contributed by atoms with Crippen LogP contribution in [0.25, 0.3) is 113 Å². The predicted molar refractivity (Wildman–Crippen MR) is 425 cm³/mol. The second-order valence-electron chi connectivity index (χ2n) is 22.8. The van der Waals surface area contributed by atoms with Gasteiger partial charge in [0.15, 0.2) is 11.6 Å². The minimum Gasteiger partial charge on any atom is -0.360 e. The molecule has 0 radical (unpaired) electrons. The second-order valence-corrected chi connectivity index (χ2v) is 22.8. The second kappa shape index (κ2) is 41.0. The summed E-state index contributed by atoms with van der Waals surface area (Å²) >= 11 is 0. The third-order valence-corrected chi connectivity index (χ3v) is 15.6. The van der Waals surface area contributed by atoms with Gasteiger partial charge in [-0.3, -0.25) is 64.8 Å². The smallest absolute Gasteiger partial charge is 0.178 e. The van der Waals surface area contributed by atoms with E-state index in [4.69, 9.17) is 0 Å². The van der Waals surface area contributed by atoms with Crippen molar-refractivity contribution in [3.8, 4) is 91.4 Å². The SMILES string of the molecule is c1ccc(-c2ccc[nH]2)nc1.c1ccc(-c2ccccn2)nc1.c1ccc(-c2ccccn2)nc1.c1ccc(-c2ccncn2)nc1.c1ccc(-c2cnc[nH]2)nc1.c1ccc(-c2ncc[nH]2)nc1.c1ccc(-c2ncccn2)nc1.c1cnc2c(c1)CCc1cccnc1-2.c1cnc2c(c1)ccc1cccnc12. The number of aromatic nitrogens is 22. The Balaban J connectivity index is 0.000000114. The number of nitrogens with one attached hydrogen (secondary N) is 3. The summed E-state index contributed by atoms with van der Waals surface area (Å²) in [4.78, 5) is 88.1. The molecular weight excluding hydrogens is 1350 g/mol. The van der Waals surface area contributed by atoms with Crippen molar-refractivity contribution in [1.29, 1.82) is 0 Å². The van der Waals surface area contributed by atoms with Crippen LogP contribution in [0.15, 0.2) is 385 Å². The summed E-state index contributed by atoms with van der Waals surface area (Å²) in [6.45, 7) is 0. The van der Waals surface area contributed by atoms with Crippen LogP contribution in [0.2, 0.25) is 0 Å². The summed E-state index contributed by atoms with van der Waals surface area (Å²) in [7, 11) is 0. The molecule has 0 spiro atoms. The summed E-state index contributed by atoms with van der Waals surface area (Å²) in [6.07, 6.45) is 40.7. The van der Waals surface area contributed by atoms with E-state index in [-0.39, 0.29) is 0 Å². The number of hydrogen-bond acceptors (Lipinski definition) is 19. The molecule has 0 aliphatic heterocycles. The lowest BCUT2D eigenvalue weighted by molar-refractivity contribution is 0.912. The number of aryl methyl sites for hydroxylation is 2. The highest BCUT2D eigenvalue weighted by molar-refractivity contribution is 6.02. The van der Waals surface area contributed by atoms with Gasteiger partial charge in [0.05, 0.1) is 91.9 Å². The van der Waals surface area contributed by atoms with Crippen molar-refractivity contribution in [2.45, 2.75) is 12.8 Å². The lowest BCUT2D eigenvalue weighted by atomic mass is 9.93. The van der Waals surface area contributed by atoms with E-state index in [2.05, 4.69) is 146 Å². The fourth-order valence-electron chi connectivity index (χ4n) is 10.4. The van der Waals surface area contributed by atoms with Crippen LogP contribution in [0.4, 0.5) is 0 Å². The molecule has 0 amide bonds. The molecule has 0 fully saturated rings. The zero-order valence-corrected chi connectivity index (χ0v) is 58.8. The van der Waals surface area contributed by atoms with Crippen molar-refractivity contribution in [2.75, 3.05) is 0 Å². The molecule has 3 N–H and O–H groups in total. The molecular formula is C87H70N22. The number of fused-ring (bicyclic) bond motifs is 6. The standard InChI is InChI=1S/C12H10N2.C12H8N2.2C10H8N2.2C9H7N3.C9H8N2.2C8H7N3/c2*1-3-9-5-6-10-4-2-8-14-12(10)11(9)13-7-1;2*1-3-7-11-9(5-1)10-6-2-4-8-12-10;1-2-5-10-8(4-1)9-11-6-3-7-12-9;1-2-5-11-8(3-1)9-4-6-10-7-12-9;1-2-6-10-8(4-1)9-5-3-7-11-9;1-2-4-10-7(3-1)8-5-9-6-11-8;1-2-4-9-7(3-1)8-10-5-6-11-8/h1-4,7-8H,5-6H2;1-8H;2*1-8H;2*1-7H;1-7,11H;1-6H,(H,9,11);1-6H,(H,10,11). The summed E-state index contributed by atoms with van der Waals surface area (Å²) < 4.78 is 0. The average Bonchev–Trinajstić information content (AvgIpc) is 1.26. The predicted octanol–water partition coefficient (Wildman–Crippen LogP) is 17.4. The summed E-state index contributed by atoms with van der Waals surface area (Å²) in [5.41, 5.74) is 17.7. The Morgan fingerprint density at radius 1 is 0.220 bits per heavy atom. The molecule has 109 heavy (non-hydrogen) atoms. The van der Waals surface area contributed by atoms with Gasteiger partial charge >= 0.3 is 0 Å². The highest BCUT2D eigenvalue weighted by Gasteiger charge is 2.17. The first-order valence-corrected chi connectivity index (χ1v) is 34.5. The molecule has 528 valence electrons. The van der Waals surface area contributed by atoms with E-state index >= 15 is 0 Å². The summed E-state index contributed by atoms with van der Waals surface area (Å²) in [5.74, 6) is 1.48. The van der Waals surface area contributed by atoms with Crippen LogP contribution in [-0.2, 0) is 12.8 Å². The van der Waals surface area contributed by atoms with E-state index in [0.29, 0.717) is 5.82 Å². The largest absolute Gasteiger partial charge is 0.360 e. The molecule has 0 saturated heterocycles. The van der Waals surface area contributed by atoms with Crippen LogP contribution in [0.1, 0.15) is 11.1 Å². The first-order valence-electron chi connectivity index (χ1n) is 34.5. The summed E-state index contributed by atoms with van der Waals surface area (Å²) in [5, 5.41) is 2.28. The van der Waals surface area contributed by atoms with Gasteiger partial charge in [-0.25, -0.2) is 29.9 Å². The fourth-order valence-corrected chi connectivity index (χ4v) is 10.4. The quantitative estimate of drug-likeness (QED) is 0.125. The van der Waals surface area contributed by atoms with Crippen LogP contribution in [0.5, 0.6) is 0 Å². The Morgan fingerprint density at radius 2 is 0.615 bits per heavy atom. The van der Waals surface area contributed by atoms with Gasteiger partial charge in [-0.1, -0.05) is 91.0 Å². The Labute approximate surface area is 628 Å². The van der Waals surface area contributed by atoms with Gasteiger partial charge < -0.3 is 15.0 Å². The van der Waals surface area contributed by atoms with Gasteiger partial charge in [0.2, 0.25) is 0 Å². The molecule has 19 aromatic rings. The zero-order valence-electron chi connectivity index (χ0n) is 58.8.